The minimum absolute atomic E-state index is 1.000. The Kier molecular flexibility index (Phi) is 3.03. The number of fused-ring (bicyclic) bond motifs is 3. The van der Waals surface area contributed by atoms with Gasteiger partial charge in [0.05, 0.1) is 0 Å². The van der Waals surface area contributed by atoms with Crippen molar-refractivity contribution in [2.45, 2.75) is 31.5 Å². The van der Waals surface area contributed by atoms with Gasteiger partial charge in [-0.05, 0) is 30.5 Å². The fourth-order valence-electron chi connectivity index (χ4n) is 2.07. The van der Waals surface area contributed by atoms with E-state index in [9.17, 15) is 0 Å². The first-order chi connectivity index (χ1) is 8.38. The minimum atomic E-state index is 1.000. The summed E-state index contributed by atoms with van der Waals surface area (Å²) < 4.78 is 4.63. The largest absolute Gasteiger partial charge is 0.301 e. The molecule has 0 saturated heterocycles. The summed E-state index contributed by atoms with van der Waals surface area (Å²) in [6.45, 7) is 5.46. The molecule has 5 heteroatoms. The Morgan fingerprint density at radius 3 is 3.24 bits per heavy atom. The Hall–Kier alpha value is -1.07. The zero-order valence-electron chi connectivity index (χ0n) is 9.96. The van der Waals surface area contributed by atoms with Gasteiger partial charge in [-0.25, -0.2) is 14.3 Å². The van der Waals surface area contributed by atoms with E-state index >= 15 is 0 Å². The van der Waals surface area contributed by atoms with Crippen molar-refractivity contribution in [2.24, 2.45) is 0 Å². The highest BCUT2D eigenvalue weighted by Gasteiger charge is 2.20. The molecule has 0 bridgehead atoms. The molecule has 3 rings (SSSR count). The van der Waals surface area contributed by atoms with Crippen molar-refractivity contribution in [3.05, 3.63) is 18.3 Å². The Labute approximate surface area is 105 Å². The van der Waals surface area contributed by atoms with Gasteiger partial charge in [0, 0.05) is 25.8 Å². The van der Waals surface area contributed by atoms with Gasteiger partial charge in [0.1, 0.15) is 5.52 Å². The second kappa shape index (κ2) is 4.66. The molecule has 2 aromatic rings. The monoisotopic (exact) mass is 248 g/mol. The molecule has 0 saturated carbocycles. The van der Waals surface area contributed by atoms with Crippen LogP contribution in [0.1, 0.15) is 19.8 Å². The van der Waals surface area contributed by atoms with Gasteiger partial charge in [0.25, 0.3) is 0 Å². The Morgan fingerprint density at radius 1 is 1.41 bits per heavy atom. The van der Waals surface area contributed by atoms with Crippen LogP contribution in [0.4, 0.5) is 0 Å². The molecule has 17 heavy (non-hydrogen) atoms. The second-order valence-electron chi connectivity index (χ2n) is 4.27. The highest BCUT2D eigenvalue weighted by atomic mass is 32.2. The maximum atomic E-state index is 4.63. The molecule has 0 aromatic carbocycles. The topological polar surface area (TPSA) is 34.0 Å². The molecule has 4 nitrogen and oxygen atoms in total. The van der Waals surface area contributed by atoms with E-state index in [1.807, 2.05) is 18.3 Å². The van der Waals surface area contributed by atoms with Crippen molar-refractivity contribution in [2.75, 3.05) is 13.1 Å². The van der Waals surface area contributed by atoms with Crippen LogP contribution in [0.15, 0.2) is 23.5 Å². The third-order valence-corrected chi connectivity index (χ3v) is 4.11. The average Bonchev–Trinajstić information content (AvgIpc) is 2.74. The summed E-state index contributed by atoms with van der Waals surface area (Å²) in [7, 11) is 0. The number of hydrogen-bond acceptors (Lipinski definition) is 4. The Morgan fingerprint density at radius 2 is 2.35 bits per heavy atom. The van der Waals surface area contributed by atoms with E-state index in [1.165, 1.54) is 12.8 Å². The quantitative estimate of drug-likeness (QED) is 0.782. The molecule has 0 N–H and O–H groups in total. The smallest absolute Gasteiger partial charge is 0.185 e. The van der Waals surface area contributed by atoms with E-state index in [4.69, 9.17) is 0 Å². The lowest BCUT2D eigenvalue weighted by molar-refractivity contribution is 0.401. The van der Waals surface area contributed by atoms with E-state index in [2.05, 4.69) is 25.8 Å². The van der Waals surface area contributed by atoms with Gasteiger partial charge in [-0.15, -0.1) is 0 Å². The van der Waals surface area contributed by atoms with Crippen LogP contribution in [0.2, 0.25) is 0 Å². The fraction of sp³-hybridized carbons (Fsp3) is 0.500. The van der Waals surface area contributed by atoms with Crippen LogP contribution >= 0.6 is 11.9 Å². The molecule has 0 aliphatic carbocycles. The first-order valence-corrected chi connectivity index (χ1v) is 6.90. The molecule has 0 fully saturated rings. The molecule has 0 radical (unpaired) electrons. The number of unbranched alkanes of at least 4 members (excludes halogenated alkanes) is 1. The molecule has 0 amide bonds. The normalized spacial score (nSPS) is 16.3. The molecular formula is C12H16N4S. The summed E-state index contributed by atoms with van der Waals surface area (Å²) in [6, 6.07) is 3.98. The number of pyridine rings is 1. The molecular weight excluding hydrogens is 232 g/mol. The van der Waals surface area contributed by atoms with Crippen LogP contribution in [-0.4, -0.2) is 31.9 Å². The van der Waals surface area contributed by atoms with E-state index < -0.39 is 0 Å². The van der Waals surface area contributed by atoms with Crippen molar-refractivity contribution < 1.29 is 0 Å². The summed E-state index contributed by atoms with van der Waals surface area (Å²) in [6.07, 6.45) is 4.34. The van der Waals surface area contributed by atoms with Crippen LogP contribution in [0.3, 0.4) is 0 Å². The summed E-state index contributed by atoms with van der Waals surface area (Å²) >= 11 is 1.77. The maximum absolute atomic E-state index is 4.63. The van der Waals surface area contributed by atoms with Gasteiger partial charge in [0.15, 0.2) is 10.8 Å². The van der Waals surface area contributed by atoms with Gasteiger partial charge >= 0.3 is 0 Å². The van der Waals surface area contributed by atoms with E-state index in [-0.39, 0.29) is 0 Å². The fourth-order valence-corrected chi connectivity index (χ4v) is 3.11. The highest BCUT2D eigenvalue weighted by molar-refractivity contribution is 7.96. The summed E-state index contributed by atoms with van der Waals surface area (Å²) in [5.74, 6) is 0. The first kappa shape index (κ1) is 11.0. The molecule has 2 aromatic heterocycles. The summed E-state index contributed by atoms with van der Waals surface area (Å²) in [5, 5.41) is 1.08. The molecule has 3 heterocycles. The lowest BCUT2D eigenvalue weighted by Gasteiger charge is -2.25. The minimum Gasteiger partial charge on any atom is -0.301 e. The summed E-state index contributed by atoms with van der Waals surface area (Å²) in [5.41, 5.74) is 2.03. The first-order valence-electron chi connectivity index (χ1n) is 6.12. The lowest BCUT2D eigenvalue weighted by atomic mass is 10.3. The van der Waals surface area contributed by atoms with Gasteiger partial charge in [-0.2, -0.15) is 0 Å². The molecule has 0 unspecified atom stereocenters. The Bertz CT molecular complexity index is 522. The lowest BCUT2D eigenvalue weighted by Crippen LogP contribution is -2.27. The average molecular weight is 248 g/mol. The zero-order chi connectivity index (χ0) is 11.7. The van der Waals surface area contributed by atoms with Gasteiger partial charge in [-0.1, -0.05) is 13.3 Å². The van der Waals surface area contributed by atoms with Crippen LogP contribution in [0, 0.1) is 0 Å². The number of aromatic nitrogens is 3. The van der Waals surface area contributed by atoms with Crippen LogP contribution in [0.25, 0.3) is 11.2 Å². The predicted molar refractivity (Wildman–Crippen MR) is 69.9 cm³/mol. The molecule has 0 atom stereocenters. The highest BCUT2D eigenvalue weighted by Crippen LogP contribution is 2.29. The van der Waals surface area contributed by atoms with E-state index in [1.54, 1.807) is 11.9 Å². The molecule has 0 spiro atoms. The third kappa shape index (κ3) is 2.05. The second-order valence-corrected chi connectivity index (χ2v) is 5.33. The van der Waals surface area contributed by atoms with E-state index in [0.717, 1.165) is 36.0 Å². The van der Waals surface area contributed by atoms with Gasteiger partial charge in [0.2, 0.25) is 0 Å². The van der Waals surface area contributed by atoms with Crippen molar-refractivity contribution in [1.29, 1.82) is 0 Å². The SMILES string of the molecule is CCCCN1CCn2c(nc3cccnc32)S1. The van der Waals surface area contributed by atoms with E-state index in [0.29, 0.717) is 0 Å². The van der Waals surface area contributed by atoms with Gasteiger partial charge in [-0.3, -0.25) is 0 Å². The molecule has 1 aliphatic rings. The maximum Gasteiger partial charge on any atom is 0.185 e. The van der Waals surface area contributed by atoms with Crippen LogP contribution in [-0.2, 0) is 6.54 Å². The standard InChI is InChI=1S/C12H16N4S/c1-2-3-7-15-8-9-16-11-10(5-4-6-13-11)14-12(16)17-15/h4-6H,2-3,7-9H2,1H3. The van der Waals surface area contributed by atoms with Crippen LogP contribution in [0.5, 0.6) is 0 Å². The van der Waals surface area contributed by atoms with Crippen molar-refractivity contribution in [1.82, 2.24) is 18.8 Å². The van der Waals surface area contributed by atoms with Crippen LogP contribution < -0.4 is 0 Å². The van der Waals surface area contributed by atoms with Crippen molar-refractivity contribution >= 4 is 23.1 Å². The molecule has 90 valence electrons. The molecule has 1 aliphatic heterocycles. The number of rotatable bonds is 3. The van der Waals surface area contributed by atoms with Crippen molar-refractivity contribution in [3.63, 3.8) is 0 Å². The van der Waals surface area contributed by atoms with Crippen molar-refractivity contribution in [3.8, 4) is 0 Å². The number of imidazole rings is 1. The third-order valence-electron chi connectivity index (χ3n) is 3.01. The number of nitrogens with zero attached hydrogens (tertiary/aromatic N) is 4. The Balaban J connectivity index is 1.87. The van der Waals surface area contributed by atoms with Gasteiger partial charge < -0.3 is 4.57 Å². The summed E-state index contributed by atoms with van der Waals surface area (Å²) in [4.78, 5) is 9.04. The predicted octanol–water partition coefficient (Wildman–Crippen LogP) is 2.55. The number of hydrogen-bond donors (Lipinski definition) is 0. The zero-order valence-corrected chi connectivity index (χ0v) is 10.8.